The molecule has 0 radical (unpaired) electrons. The van der Waals surface area contributed by atoms with Gasteiger partial charge < -0.3 is 9.55 Å². The Morgan fingerprint density at radius 3 is 2.94 bits per heavy atom. The summed E-state index contributed by atoms with van der Waals surface area (Å²) in [6, 6.07) is 5.01. The summed E-state index contributed by atoms with van der Waals surface area (Å²) in [4.78, 5) is 2.89. The third-order valence-electron chi connectivity index (χ3n) is 2.97. The van der Waals surface area contributed by atoms with Gasteiger partial charge in [-0.3, -0.25) is 4.21 Å². The van der Waals surface area contributed by atoms with Gasteiger partial charge in [0.25, 0.3) is 0 Å². The highest BCUT2D eigenvalue weighted by Crippen LogP contribution is 2.23. The lowest BCUT2D eigenvalue weighted by molar-refractivity contribution is 0.539. The Hall–Kier alpha value is -1.01. The maximum Gasteiger partial charge on any atom is 0.178 e. The molecule has 2 aromatic rings. The van der Waals surface area contributed by atoms with Gasteiger partial charge in [0.1, 0.15) is 11.3 Å². The minimum atomic E-state index is -0.824. The molecule has 0 fully saturated rings. The molecule has 0 saturated heterocycles. The average Bonchev–Trinajstić information content (AvgIpc) is 2.64. The molecular weight excluding hydrogens is 271 g/mol. The van der Waals surface area contributed by atoms with Crippen LogP contribution in [0.5, 0.6) is 0 Å². The molecule has 0 spiro atoms. The van der Waals surface area contributed by atoms with Crippen LogP contribution in [0.4, 0.5) is 4.39 Å². The summed E-state index contributed by atoms with van der Waals surface area (Å²) in [6.07, 6.45) is 2.43. The average molecular weight is 286 g/mol. The predicted octanol–water partition coefficient (Wildman–Crippen LogP) is 3.17. The molecule has 0 aliphatic heterocycles. The molecule has 0 saturated carbocycles. The van der Waals surface area contributed by atoms with Gasteiger partial charge in [-0.05, 0) is 37.7 Å². The van der Waals surface area contributed by atoms with Crippen molar-refractivity contribution in [2.75, 3.05) is 12.0 Å². The van der Waals surface area contributed by atoms with Crippen molar-refractivity contribution >= 4 is 34.1 Å². The van der Waals surface area contributed by atoms with E-state index in [2.05, 4.69) is 4.98 Å². The maximum atomic E-state index is 13.6. The fourth-order valence-electron chi connectivity index (χ4n) is 2.02. The van der Waals surface area contributed by atoms with Gasteiger partial charge in [-0.1, -0.05) is 6.07 Å². The molecular formula is C12H15FN2OS2. The first-order valence-corrected chi connectivity index (χ1v) is 7.83. The lowest BCUT2D eigenvalue weighted by Crippen LogP contribution is -2.09. The van der Waals surface area contributed by atoms with Gasteiger partial charge in [0.05, 0.1) is 5.52 Å². The number of para-hydroxylation sites is 1. The highest BCUT2D eigenvalue weighted by Gasteiger charge is 2.13. The van der Waals surface area contributed by atoms with Crippen LogP contribution in [-0.2, 0) is 10.8 Å². The van der Waals surface area contributed by atoms with Crippen LogP contribution in [0.15, 0.2) is 18.2 Å². The molecule has 2 atom stereocenters. The van der Waals surface area contributed by atoms with Crippen molar-refractivity contribution < 1.29 is 8.60 Å². The fourth-order valence-corrected chi connectivity index (χ4v) is 3.07. The standard InChI is InChI=1S/C12H15FN2OS2/c1-8(6-7-18(2)16)15-10-5-3-4-9(13)11(10)14-12(15)17/h3-5,8H,6-7H2,1-2H3,(H,14,17). The Morgan fingerprint density at radius 1 is 1.56 bits per heavy atom. The third kappa shape index (κ3) is 2.54. The van der Waals surface area contributed by atoms with Crippen LogP contribution in [0.3, 0.4) is 0 Å². The monoisotopic (exact) mass is 286 g/mol. The number of nitrogens with zero attached hydrogens (tertiary/aromatic N) is 1. The van der Waals surface area contributed by atoms with Crippen LogP contribution < -0.4 is 0 Å². The topological polar surface area (TPSA) is 37.8 Å². The van der Waals surface area contributed by atoms with Crippen LogP contribution in [0.25, 0.3) is 11.0 Å². The van der Waals surface area contributed by atoms with Gasteiger partial charge in [-0.2, -0.15) is 0 Å². The number of hydrogen-bond donors (Lipinski definition) is 1. The number of aromatic nitrogens is 2. The summed E-state index contributed by atoms with van der Waals surface area (Å²) < 4.78 is 27.1. The Kier molecular flexibility index (Phi) is 3.97. The summed E-state index contributed by atoms with van der Waals surface area (Å²) in [6.45, 7) is 2.00. The first kappa shape index (κ1) is 13.4. The second-order valence-electron chi connectivity index (χ2n) is 4.35. The molecule has 6 heteroatoms. The van der Waals surface area contributed by atoms with Crippen molar-refractivity contribution in [1.29, 1.82) is 0 Å². The highest BCUT2D eigenvalue weighted by atomic mass is 32.2. The molecule has 0 aliphatic carbocycles. The van der Waals surface area contributed by atoms with Gasteiger partial charge in [-0.15, -0.1) is 0 Å². The Balaban J connectivity index is 2.44. The molecule has 1 aromatic heterocycles. The van der Waals surface area contributed by atoms with Crippen molar-refractivity contribution in [3.63, 3.8) is 0 Å². The van der Waals surface area contributed by atoms with E-state index in [4.69, 9.17) is 12.2 Å². The van der Waals surface area contributed by atoms with E-state index in [1.807, 2.05) is 17.6 Å². The lowest BCUT2D eigenvalue weighted by Gasteiger charge is -2.13. The minimum absolute atomic E-state index is 0.0944. The molecule has 0 amide bonds. The highest BCUT2D eigenvalue weighted by molar-refractivity contribution is 7.84. The number of halogens is 1. The van der Waals surface area contributed by atoms with Crippen molar-refractivity contribution in [2.45, 2.75) is 19.4 Å². The SMILES string of the molecule is CC(CCS(C)=O)n1c(=S)[nH]c2c(F)cccc21. The van der Waals surface area contributed by atoms with Crippen molar-refractivity contribution in [3.8, 4) is 0 Å². The van der Waals surface area contributed by atoms with E-state index in [0.29, 0.717) is 16.0 Å². The van der Waals surface area contributed by atoms with E-state index in [1.165, 1.54) is 6.07 Å². The maximum absolute atomic E-state index is 13.6. The molecule has 1 aromatic carbocycles. The number of benzene rings is 1. The first-order chi connectivity index (χ1) is 8.50. The summed E-state index contributed by atoms with van der Waals surface area (Å²) in [7, 11) is -0.824. The van der Waals surface area contributed by atoms with Gasteiger partial charge >= 0.3 is 0 Å². The van der Waals surface area contributed by atoms with E-state index < -0.39 is 10.8 Å². The van der Waals surface area contributed by atoms with E-state index in [9.17, 15) is 8.60 Å². The van der Waals surface area contributed by atoms with Crippen molar-refractivity contribution in [3.05, 3.63) is 28.8 Å². The third-order valence-corrected chi connectivity index (χ3v) is 4.08. The second kappa shape index (κ2) is 5.32. The molecule has 1 N–H and O–H groups in total. The minimum Gasteiger partial charge on any atom is -0.328 e. The summed E-state index contributed by atoms with van der Waals surface area (Å²) in [5, 5.41) is 0. The summed E-state index contributed by atoms with van der Waals surface area (Å²) in [5.74, 6) is 0.314. The van der Waals surface area contributed by atoms with Gasteiger partial charge in [0.2, 0.25) is 0 Å². The Bertz CT molecular complexity index is 647. The molecule has 2 unspecified atom stereocenters. The van der Waals surface area contributed by atoms with Gasteiger partial charge in [0.15, 0.2) is 4.77 Å². The molecule has 1 heterocycles. The lowest BCUT2D eigenvalue weighted by atomic mass is 10.2. The number of hydrogen-bond acceptors (Lipinski definition) is 2. The quantitative estimate of drug-likeness (QED) is 0.877. The summed E-state index contributed by atoms with van der Waals surface area (Å²) in [5.41, 5.74) is 1.20. The van der Waals surface area contributed by atoms with Crippen LogP contribution in [0.1, 0.15) is 19.4 Å². The second-order valence-corrected chi connectivity index (χ2v) is 6.29. The van der Waals surface area contributed by atoms with Crippen LogP contribution in [-0.4, -0.2) is 25.8 Å². The number of imidazole rings is 1. The summed E-state index contributed by atoms with van der Waals surface area (Å²) >= 11 is 5.23. The zero-order valence-corrected chi connectivity index (χ0v) is 11.9. The first-order valence-electron chi connectivity index (χ1n) is 5.69. The molecule has 0 bridgehead atoms. The normalized spacial score (nSPS) is 14.8. The van der Waals surface area contributed by atoms with E-state index in [0.717, 1.165) is 11.9 Å². The van der Waals surface area contributed by atoms with Gasteiger partial charge in [-0.25, -0.2) is 4.39 Å². The van der Waals surface area contributed by atoms with E-state index in [-0.39, 0.29) is 11.9 Å². The zero-order valence-electron chi connectivity index (χ0n) is 10.3. The smallest absolute Gasteiger partial charge is 0.178 e. The number of fused-ring (bicyclic) bond motifs is 1. The van der Waals surface area contributed by atoms with Crippen molar-refractivity contribution in [2.24, 2.45) is 0 Å². The van der Waals surface area contributed by atoms with Crippen LogP contribution in [0.2, 0.25) is 0 Å². The fraction of sp³-hybridized carbons (Fsp3) is 0.417. The largest absolute Gasteiger partial charge is 0.328 e. The Morgan fingerprint density at radius 2 is 2.28 bits per heavy atom. The molecule has 98 valence electrons. The number of H-pyrrole nitrogens is 1. The van der Waals surface area contributed by atoms with Crippen molar-refractivity contribution in [1.82, 2.24) is 9.55 Å². The number of nitrogens with one attached hydrogen (secondary N) is 1. The van der Waals surface area contributed by atoms with Crippen LogP contribution in [0, 0.1) is 10.6 Å². The predicted molar refractivity (Wildman–Crippen MR) is 75.3 cm³/mol. The van der Waals surface area contributed by atoms with E-state index in [1.54, 1.807) is 12.3 Å². The zero-order chi connectivity index (χ0) is 13.3. The van der Waals surface area contributed by atoms with Crippen LogP contribution >= 0.6 is 12.2 Å². The number of rotatable bonds is 4. The molecule has 0 aliphatic rings. The molecule has 2 rings (SSSR count). The Labute approximate surface area is 112 Å². The molecule has 18 heavy (non-hydrogen) atoms. The number of aromatic amines is 1. The van der Waals surface area contributed by atoms with Gasteiger partial charge in [0, 0.05) is 28.9 Å². The molecule has 3 nitrogen and oxygen atoms in total. The van der Waals surface area contributed by atoms with E-state index >= 15 is 0 Å².